The zero-order valence-corrected chi connectivity index (χ0v) is 10.3. The maximum absolute atomic E-state index is 6.17. The topological polar surface area (TPSA) is 30.5 Å². The minimum Gasteiger partial charge on any atom is -0.483 e. The van der Waals surface area contributed by atoms with E-state index in [0.717, 1.165) is 31.7 Å². The molecule has 0 amide bonds. The van der Waals surface area contributed by atoms with E-state index in [9.17, 15) is 0 Å². The Bertz CT molecular complexity index is 411. The van der Waals surface area contributed by atoms with Crippen LogP contribution in [0.3, 0.4) is 0 Å². The Labute approximate surface area is 102 Å². The zero-order valence-electron chi connectivity index (χ0n) is 10.3. The molecule has 1 saturated heterocycles. The summed E-state index contributed by atoms with van der Waals surface area (Å²) in [6, 6.07) is 6.32. The number of anilines is 1. The highest BCUT2D eigenvalue weighted by Gasteiger charge is 2.32. The Hall–Kier alpha value is -1.22. The molecule has 1 unspecified atom stereocenters. The molecule has 1 atom stereocenters. The Kier molecular flexibility index (Phi) is 2.71. The van der Waals surface area contributed by atoms with E-state index in [1.165, 1.54) is 17.7 Å². The number of fused-ring (bicyclic) bond motifs is 1. The fourth-order valence-electron chi connectivity index (χ4n) is 2.56. The summed E-state index contributed by atoms with van der Waals surface area (Å²) >= 11 is 0. The van der Waals surface area contributed by atoms with E-state index >= 15 is 0 Å². The van der Waals surface area contributed by atoms with E-state index in [4.69, 9.17) is 9.47 Å². The van der Waals surface area contributed by atoms with Crippen LogP contribution in [0.5, 0.6) is 5.75 Å². The first-order valence-electron chi connectivity index (χ1n) is 6.39. The van der Waals surface area contributed by atoms with Crippen LogP contribution in [0.15, 0.2) is 18.2 Å². The van der Waals surface area contributed by atoms with Crippen molar-refractivity contribution in [2.45, 2.75) is 31.8 Å². The fraction of sp³-hybridized carbons (Fsp3) is 0.571. The van der Waals surface area contributed by atoms with Crippen molar-refractivity contribution in [3.63, 3.8) is 0 Å². The van der Waals surface area contributed by atoms with Crippen molar-refractivity contribution >= 4 is 5.69 Å². The standard InChI is InChI=1S/C14H19NO2/c1-14(7-9-16-10-14)17-12-6-2-4-11-5-3-8-15-13(11)12/h2,4,6,15H,3,5,7-10H2,1H3. The molecule has 17 heavy (non-hydrogen) atoms. The number of para-hydroxylation sites is 1. The van der Waals surface area contributed by atoms with Crippen LogP contribution in [-0.4, -0.2) is 25.4 Å². The lowest BCUT2D eigenvalue weighted by Crippen LogP contribution is -2.33. The van der Waals surface area contributed by atoms with Crippen molar-refractivity contribution in [2.75, 3.05) is 25.1 Å². The molecule has 0 aliphatic carbocycles. The predicted octanol–water partition coefficient (Wildman–Crippen LogP) is 2.60. The van der Waals surface area contributed by atoms with Gasteiger partial charge in [-0.2, -0.15) is 0 Å². The van der Waals surface area contributed by atoms with E-state index in [-0.39, 0.29) is 5.60 Å². The van der Waals surface area contributed by atoms with Gasteiger partial charge in [-0.25, -0.2) is 0 Å². The second kappa shape index (κ2) is 4.22. The Morgan fingerprint density at radius 2 is 2.35 bits per heavy atom. The Balaban J connectivity index is 1.87. The van der Waals surface area contributed by atoms with Gasteiger partial charge in [-0.3, -0.25) is 0 Å². The lowest BCUT2D eigenvalue weighted by atomic mass is 10.0. The van der Waals surface area contributed by atoms with Gasteiger partial charge < -0.3 is 14.8 Å². The average Bonchev–Trinajstić information content (AvgIpc) is 2.76. The molecule has 2 aliphatic rings. The third-order valence-electron chi connectivity index (χ3n) is 3.58. The van der Waals surface area contributed by atoms with Crippen molar-refractivity contribution in [2.24, 2.45) is 0 Å². The molecule has 1 aromatic rings. The normalized spacial score (nSPS) is 27.4. The zero-order chi connectivity index (χ0) is 11.7. The molecule has 3 nitrogen and oxygen atoms in total. The highest BCUT2D eigenvalue weighted by atomic mass is 16.6. The Morgan fingerprint density at radius 3 is 3.18 bits per heavy atom. The molecule has 92 valence electrons. The van der Waals surface area contributed by atoms with E-state index in [0.29, 0.717) is 6.61 Å². The summed E-state index contributed by atoms with van der Waals surface area (Å²) in [5, 5.41) is 3.46. The molecular weight excluding hydrogens is 214 g/mol. The van der Waals surface area contributed by atoms with Gasteiger partial charge in [0.1, 0.15) is 11.4 Å². The SMILES string of the molecule is CC1(Oc2cccc3c2NCCC3)CCOC1. The molecule has 0 spiro atoms. The number of hydrogen-bond donors (Lipinski definition) is 1. The van der Waals surface area contributed by atoms with E-state index in [1.54, 1.807) is 0 Å². The number of aryl methyl sites for hydroxylation is 1. The first kappa shape index (κ1) is 10.9. The lowest BCUT2D eigenvalue weighted by Gasteiger charge is -2.28. The van der Waals surface area contributed by atoms with E-state index in [1.807, 2.05) is 0 Å². The van der Waals surface area contributed by atoms with Crippen molar-refractivity contribution in [3.05, 3.63) is 23.8 Å². The minimum atomic E-state index is -0.158. The second-order valence-corrected chi connectivity index (χ2v) is 5.18. The smallest absolute Gasteiger partial charge is 0.143 e. The second-order valence-electron chi connectivity index (χ2n) is 5.18. The maximum atomic E-state index is 6.17. The van der Waals surface area contributed by atoms with E-state index < -0.39 is 0 Å². The van der Waals surface area contributed by atoms with Gasteiger partial charge in [0.05, 0.1) is 18.9 Å². The quantitative estimate of drug-likeness (QED) is 0.851. The summed E-state index contributed by atoms with van der Waals surface area (Å²) in [5.74, 6) is 0.982. The number of ether oxygens (including phenoxy) is 2. The van der Waals surface area contributed by atoms with Gasteiger partial charge in [-0.05, 0) is 31.4 Å². The first-order valence-corrected chi connectivity index (χ1v) is 6.39. The fourth-order valence-corrected chi connectivity index (χ4v) is 2.56. The monoisotopic (exact) mass is 233 g/mol. The summed E-state index contributed by atoms with van der Waals surface area (Å²) in [4.78, 5) is 0. The lowest BCUT2D eigenvalue weighted by molar-refractivity contribution is 0.0669. The van der Waals surface area contributed by atoms with Crippen LogP contribution in [0.4, 0.5) is 5.69 Å². The van der Waals surface area contributed by atoms with Gasteiger partial charge in [-0.1, -0.05) is 12.1 Å². The molecule has 3 heteroatoms. The van der Waals surface area contributed by atoms with Gasteiger partial charge in [0.25, 0.3) is 0 Å². The number of nitrogens with one attached hydrogen (secondary N) is 1. The first-order chi connectivity index (χ1) is 8.27. The van der Waals surface area contributed by atoms with E-state index in [2.05, 4.69) is 30.4 Å². The summed E-state index contributed by atoms with van der Waals surface area (Å²) in [7, 11) is 0. The molecule has 0 aromatic heterocycles. The molecule has 1 aromatic carbocycles. The summed E-state index contributed by atoms with van der Waals surface area (Å²) in [6.45, 7) is 4.67. The third-order valence-corrected chi connectivity index (χ3v) is 3.58. The van der Waals surface area contributed by atoms with Gasteiger partial charge in [0, 0.05) is 13.0 Å². The van der Waals surface area contributed by atoms with Crippen LogP contribution in [0.2, 0.25) is 0 Å². The van der Waals surface area contributed by atoms with Gasteiger partial charge in [0.2, 0.25) is 0 Å². The van der Waals surface area contributed by atoms with Crippen LogP contribution in [0, 0.1) is 0 Å². The van der Waals surface area contributed by atoms with Gasteiger partial charge in [-0.15, -0.1) is 0 Å². The van der Waals surface area contributed by atoms with Crippen molar-refractivity contribution < 1.29 is 9.47 Å². The molecule has 0 radical (unpaired) electrons. The predicted molar refractivity (Wildman–Crippen MR) is 67.7 cm³/mol. The van der Waals surface area contributed by atoms with Crippen LogP contribution in [0.25, 0.3) is 0 Å². The third kappa shape index (κ3) is 2.12. The molecule has 2 aliphatic heterocycles. The number of hydrogen-bond acceptors (Lipinski definition) is 3. The van der Waals surface area contributed by atoms with Crippen LogP contribution < -0.4 is 10.1 Å². The van der Waals surface area contributed by atoms with Crippen LogP contribution in [-0.2, 0) is 11.2 Å². The summed E-state index contributed by atoms with van der Waals surface area (Å²) < 4.78 is 11.6. The van der Waals surface area contributed by atoms with Crippen LogP contribution in [0.1, 0.15) is 25.3 Å². The minimum absolute atomic E-state index is 0.158. The van der Waals surface area contributed by atoms with Crippen molar-refractivity contribution in [1.82, 2.24) is 0 Å². The van der Waals surface area contributed by atoms with Crippen molar-refractivity contribution in [3.8, 4) is 5.75 Å². The van der Waals surface area contributed by atoms with Gasteiger partial charge in [0.15, 0.2) is 0 Å². The molecule has 1 fully saturated rings. The molecule has 1 N–H and O–H groups in total. The molecular formula is C14H19NO2. The summed E-state index contributed by atoms with van der Waals surface area (Å²) in [6.07, 6.45) is 3.32. The maximum Gasteiger partial charge on any atom is 0.143 e. The van der Waals surface area contributed by atoms with Crippen LogP contribution >= 0.6 is 0 Å². The Morgan fingerprint density at radius 1 is 1.41 bits per heavy atom. The largest absolute Gasteiger partial charge is 0.483 e. The molecule has 0 bridgehead atoms. The molecule has 3 rings (SSSR count). The highest BCUT2D eigenvalue weighted by Crippen LogP contribution is 2.36. The molecule has 0 saturated carbocycles. The highest BCUT2D eigenvalue weighted by molar-refractivity contribution is 5.63. The van der Waals surface area contributed by atoms with Crippen molar-refractivity contribution in [1.29, 1.82) is 0 Å². The summed E-state index contributed by atoms with van der Waals surface area (Å²) in [5.41, 5.74) is 2.40. The number of rotatable bonds is 2. The number of benzene rings is 1. The van der Waals surface area contributed by atoms with Gasteiger partial charge >= 0.3 is 0 Å². The average molecular weight is 233 g/mol. The molecule has 2 heterocycles.